The van der Waals surface area contributed by atoms with Gasteiger partial charge in [-0.3, -0.25) is 0 Å². The summed E-state index contributed by atoms with van der Waals surface area (Å²) in [7, 11) is 4.12. The SMILES string of the molecule is CN(C)C1(C(N)Cc2ccc(F)cc2F)CCCCCC1. The topological polar surface area (TPSA) is 29.3 Å². The van der Waals surface area contributed by atoms with Gasteiger partial charge in [0.1, 0.15) is 11.6 Å². The summed E-state index contributed by atoms with van der Waals surface area (Å²) in [6.45, 7) is 0. The zero-order valence-electron chi connectivity index (χ0n) is 13.0. The Balaban J connectivity index is 2.20. The van der Waals surface area contributed by atoms with E-state index in [1.165, 1.54) is 25.0 Å². The number of likely N-dealkylation sites (N-methyl/N-ethyl adjacent to an activating group) is 1. The maximum absolute atomic E-state index is 13.9. The van der Waals surface area contributed by atoms with Gasteiger partial charge in [-0.1, -0.05) is 31.7 Å². The van der Waals surface area contributed by atoms with Crippen molar-refractivity contribution in [2.75, 3.05) is 14.1 Å². The largest absolute Gasteiger partial charge is 0.326 e. The molecule has 2 nitrogen and oxygen atoms in total. The monoisotopic (exact) mass is 296 g/mol. The highest BCUT2D eigenvalue weighted by molar-refractivity contribution is 5.21. The third-order valence-corrected chi connectivity index (χ3v) is 5.01. The normalized spacial score (nSPS) is 20.3. The molecule has 4 heteroatoms. The van der Waals surface area contributed by atoms with Gasteiger partial charge >= 0.3 is 0 Å². The first-order valence-electron chi connectivity index (χ1n) is 7.82. The molecular weight excluding hydrogens is 270 g/mol. The van der Waals surface area contributed by atoms with Crippen LogP contribution in [0.25, 0.3) is 0 Å². The van der Waals surface area contributed by atoms with E-state index in [-0.39, 0.29) is 11.6 Å². The van der Waals surface area contributed by atoms with Crippen LogP contribution in [0.2, 0.25) is 0 Å². The lowest BCUT2D eigenvalue weighted by atomic mass is 9.79. The second-order valence-electron chi connectivity index (χ2n) is 6.46. The molecule has 1 aromatic rings. The molecule has 1 unspecified atom stereocenters. The fraction of sp³-hybridized carbons (Fsp3) is 0.647. The molecule has 2 rings (SSSR count). The van der Waals surface area contributed by atoms with E-state index in [0.29, 0.717) is 12.0 Å². The number of hydrogen-bond donors (Lipinski definition) is 1. The van der Waals surface area contributed by atoms with Crippen molar-refractivity contribution in [1.29, 1.82) is 0 Å². The molecule has 0 aliphatic heterocycles. The fourth-order valence-corrected chi connectivity index (χ4v) is 3.60. The van der Waals surface area contributed by atoms with Crippen molar-refractivity contribution in [2.45, 2.75) is 56.5 Å². The number of rotatable bonds is 4. The smallest absolute Gasteiger partial charge is 0.129 e. The summed E-state index contributed by atoms with van der Waals surface area (Å²) >= 11 is 0. The van der Waals surface area contributed by atoms with Crippen molar-refractivity contribution in [3.05, 3.63) is 35.4 Å². The van der Waals surface area contributed by atoms with Crippen molar-refractivity contribution in [3.8, 4) is 0 Å². The maximum Gasteiger partial charge on any atom is 0.129 e. The van der Waals surface area contributed by atoms with Crippen molar-refractivity contribution >= 4 is 0 Å². The lowest BCUT2D eigenvalue weighted by Crippen LogP contribution is -2.58. The Morgan fingerprint density at radius 2 is 1.76 bits per heavy atom. The summed E-state index contributed by atoms with van der Waals surface area (Å²) in [5.41, 5.74) is 6.91. The average molecular weight is 296 g/mol. The highest BCUT2D eigenvalue weighted by Gasteiger charge is 2.39. The zero-order chi connectivity index (χ0) is 15.5. The van der Waals surface area contributed by atoms with E-state index in [1.54, 1.807) is 0 Å². The Morgan fingerprint density at radius 1 is 1.14 bits per heavy atom. The third-order valence-electron chi connectivity index (χ3n) is 5.01. The van der Waals surface area contributed by atoms with E-state index >= 15 is 0 Å². The standard InChI is InChI=1S/C17H26F2N2/c1-21(2)17(9-5-3-4-6-10-17)16(20)11-13-7-8-14(18)12-15(13)19/h7-8,12,16H,3-6,9-11,20H2,1-2H3. The fourth-order valence-electron chi connectivity index (χ4n) is 3.60. The molecule has 0 bridgehead atoms. The van der Waals surface area contributed by atoms with E-state index in [1.807, 2.05) is 0 Å². The molecule has 0 spiro atoms. The molecule has 118 valence electrons. The number of nitrogens with zero attached hydrogens (tertiary/aromatic N) is 1. The molecule has 1 aliphatic carbocycles. The van der Waals surface area contributed by atoms with Crippen molar-refractivity contribution in [1.82, 2.24) is 4.90 Å². The lowest BCUT2D eigenvalue weighted by molar-refractivity contribution is 0.0964. The summed E-state index contributed by atoms with van der Waals surface area (Å²) in [5.74, 6) is -1.03. The Bertz CT molecular complexity index is 466. The minimum absolute atomic E-state index is 0.0860. The molecule has 1 aromatic carbocycles. The van der Waals surface area contributed by atoms with Crippen LogP contribution in [-0.4, -0.2) is 30.6 Å². The van der Waals surface area contributed by atoms with Crippen LogP contribution in [0.3, 0.4) is 0 Å². The van der Waals surface area contributed by atoms with Crippen LogP contribution < -0.4 is 5.73 Å². The van der Waals surface area contributed by atoms with Gasteiger partial charge in [-0.15, -0.1) is 0 Å². The first kappa shape index (κ1) is 16.4. The van der Waals surface area contributed by atoms with Gasteiger partial charge in [0.25, 0.3) is 0 Å². The summed E-state index contributed by atoms with van der Waals surface area (Å²) in [5, 5.41) is 0. The van der Waals surface area contributed by atoms with Crippen LogP contribution in [-0.2, 0) is 6.42 Å². The summed E-state index contributed by atoms with van der Waals surface area (Å²) in [4.78, 5) is 2.21. The van der Waals surface area contributed by atoms with Gasteiger partial charge in [-0.25, -0.2) is 8.78 Å². The van der Waals surface area contributed by atoms with Gasteiger partial charge < -0.3 is 10.6 Å². The number of halogens is 2. The Hall–Kier alpha value is -1.00. The van der Waals surface area contributed by atoms with Crippen molar-refractivity contribution in [2.24, 2.45) is 5.73 Å². The highest BCUT2D eigenvalue weighted by atomic mass is 19.1. The molecule has 2 N–H and O–H groups in total. The predicted octanol–water partition coefficient (Wildman–Crippen LogP) is 3.49. The Labute approximate surface area is 126 Å². The van der Waals surface area contributed by atoms with Crippen LogP contribution in [0.4, 0.5) is 8.78 Å². The summed E-state index contributed by atoms with van der Waals surface area (Å²) in [6.07, 6.45) is 7.36. The molecule has 1 atom stereocenters. The second-order valence-corrected chi connectivity index (χ2v) is 6.46. The van der Waals surface area contributed by atoms with Crippen molar-refractivity contribution in [3.63, 3.8) is 0 Å². The average Bonchev–Trinajstić information content (AvgIpc) is 2.68. The first-order chi connectivity index (χ1) is 9.95. The molecule has 21 heavy (non-hydrogen) atoms. The van der Waals surface area contributed by atoms with Gasteiger partial charge in [-0.2, -0.15) is 0 Å². The molecule has 0 saturated heterocycles. The molecule has 0 heterocycles. The lowest BCUT2D eigenvalue weighted by Gasteiger charge is -2.44. The maximum atomic E-state index is 13.9. The summed E-state index contributed by atoms with van der Waals surface area (Å²) < 4.78 is 26.9. The van der Waals surface area contributed by atoms with Crippen LogP contribution in [0.15, 0.2) is 18.2 Å². The Morgan fingerprint density at radius 3 is 2.29 bits per heavy atom. The van der Waals surface area contributed by atoms with E-state index in [0.717, 1.165) is 31.7 Å². The first-order valence-corrected chi connectivity index (χ1v) is 7.82. The van der Waals surface area contributed by atoms with Gasteiger partial charge in [0.2, 0.25) is 0 Å². The third kappa shape index (κ3) is 3.61. The number of benzene rings is 1. The van der Waals surface area contributed by atoms with Gasteiger partial charge in [0.05, 0.1) is 0 Å². The quantitative estimate of drug-likeness (QED) is 0.862. The van der Waals surface area contributed by atoms with Crippen LogP contribution in [0.5, 0.6) is 0 Å². The van der Waals surface area contributed by atoms with Gasteiger partial charge in [-0.05, 0) is 45.0 Å². The van der Waals surface area contributed by atoms with Crippen molar-refractivity contribution < 1.29 is 8.78 Å². The summed E-state index contributed by atoms with van der Waals surface area (Å²) in [6, 6.07) is 3.62. The number of hydrogen-bond acceptors (Lipinski definition) is 2. The van der Waals surface area contributed by atoms with E-state index in [2.05, 4.69) is 19.0 Å². The molecule has 1 fully saturated rings. The predicted molar refractivity (Wildman–Crippen MR) is 82.2 cm³/mol. The highest BCUT2D eigenvalue weighted by Crippen LogP contribution is 2.34. The molecule has 0 amide bonds. The molecular formula is C17H26F2N2. The second kappa shape index (κ2) is 6.84. The van der Waals surface area contributed by atoms with Crippen LogP contribution >= 0.6 is 0 Å². The molecule has 0 aromatic heterocycles. The minimum Gasteiger partial charge on any atom is -0.326 e. The van der Waals surface area contributed by atoms with Gasteiger partial charge in [0.15, 0.2) is 0 Å². The zero-order valence-corrected chi connectivity index (χ0v) is 13.0. The van der Waals surface area contributed by atoms with E-state index in [4.69, 9.17) is 5.73 Å². The minimum atomic E-state index is -0.540. The van der Waals surface area contributed by atoms with Crippen LogP contribution in [0, 0.1) is 11.6 Å². The van der Waals surface area contributed by atoms with Crippen LogP contribution in [0.1, 0.15) is 44.1 Å². The number of nitrogens with two attached hydrogens (primary N) is 1. The van der Waals surface area contributed by atoms with E-state index in [9.17, 15) is 8.78 Å². The molecule has 1 saturated carbocycles. The molecule has 1 aliphatic rings. The van der Waals surface area contributed by atoms with Gasteiger partial charge in [0, 0.05) is 17.6 Å². The Kier molecular flexibility index (Phi) is 5.33. The van der Waals surface area contributed by atoms with E-state index < -0.39 is 11.6 Å². The molecule has 0 radical (unpaired) electrons.